The maximum absolute atomic E-state index is 4.62. The zero-order valence-corrected chi connectivity index (χ0v) is 15.2. The van der Waals surface area contributed by atoms with Crippen LogP contribution in [-0.2, 0) is 5.41 Å². The van der Waals surface area contributed by atoms with Gasteiger partial charge in [0.1, 0.15) is 6.33 Å². The SMILES string of the molecule is Cc1csc2c(-c3cc(C(C)(C)C)c4ccccc4c3)ncnc12. The Bertz CT molecular complexity index is 1050. The Kier molecular flexibility index (Phi) is 3.43. The van der Waals surface area contributed by atoms with Gasteiger partial charge in [0, 0.05) is 5.56 Å². The van der Waals surface area contributed by atoms with E-state index in [4.69, 9.17) is 0 Å². The zero-order chi connectivity index (χ0) is 16.9. The molecule has 3 heteroatoms. The smallest absolute Gasteiger partial charge is 0.116 e. The van der Waals surface area contributed by atoms with Crippen LogP contribution in [0.15, 0.2) is 48.1 Å². The van der Waals surface area contributed by atoms with E-state index in [2.05, 4.69) is 79.4 Å². The molecule has 4 rings (SSSR count). The molecule has 0 atom stereocenters. The first-order valence-corrected chi connectivity index (χ1v) is 9.05. The summed E-state index contributed by atoms with van der Waals surface area (Å²) in [6.07, 6.45) is 1.68. The summed E-state index contributed by atoms with van der Waals surface area (Å²) in [5.41, 5.74) is 5.93. The first kappa shape index (κ1) is 15.3. The second-order valence-electron chi connectivity index (χ2n) is 7.31. The van der Waals surface area contributed by atoms with E-state index in [-0.39, 0.29) is 5.41 Å². The largest absolute Gasteiger partial charge is 0.235 e. The van der Waals surface area contributed by atoms with Crippen LogP contribution in [0.3, 0.4) is 0 Å². The number of fused-ring (bicyclic) bond motifs is 2. The van der Waals surface area contributed by atoms with E-state index in [9.17, 15) is 0 Å². The van der Waals surface area contributed by atoms with E-state index >= 15 is 0 Å². The van der Waals surface area contributed by atoms with Crippen LogP contribution in [-0.4, -0.2) is 9.97 Å². The first-order chi connectivity index (χ1) is 11.4. The molecule has 4 aromatic rings. The molecule has 2 aromatic heterocycles. The molecule has 0 unspecified atom stereocenters. The highest BCUT2D eigenvalue weighted by atomic mass is 32.1. The van der Waals surface area contributed by atoms with Gasteiger partial charge in [-0.25, -0.2) is 9.97 Å². The molecule has 0 saturated heterocycles. The van der Waals surface area contributed by atoms with Crippen molar-refractivity contribution in [1.29, 1.82) is 0 Å². The van der Waals surface area contributed by atoms with Crippen LogP contribution in [0, 0.1) is 6.92 Å². The topological polar surface area (TPSA) is 25.8 Å². The fourth-order valence-corrected chi connectivity index (χ4v) is 4.26. The Hall–Kier alpha value is -2.26. The molecule has 120 valence electrons. The Morgan fingerprint density at radius 1 is 1.00 bits per heavy atom. The summed E-state index contributed by atoms with van der Waals surface area (Å²) in [6, 6.07) is 13.2. The van der Waals surface area contributed by atoms with Gasteiger partial charge < -0.3 is 0 Å². The van der Waals surface area contributed by atoms with E-state index in [0.29, 0.717) is 0 Å². The summed E-state index contributed by atoms with van der Waals surface area (Å²) in [5, 5.41) is 4.75. The quantitative estimate of drug-likeness (QED) is 0.420. The molecule has 24 heavy (non-hydrogen) atoms. The lowest BCUT2D eigenvalue weighted by molar-refractivity contribution is 0.596. The van der Waals surface area contributed by atoms with Crippen molar-refractivity contribution < 1.29 is 0 Å². The molecule has 0 amide bonds. The van der Waals surface area contributed by atoms with Crippen LogP contribution in [0.5, 0.6) is 0 Å². The predicted molar refractivity (Wildman–Crippen MR) is 104 cm³/mol. The molecule has 0 aliphatic rings. The molecule has 0 N–H and O–H groups in total. The third kappa shape index (κ3) is 2.40. The summed E-state index contributed by atoms with van der Waals surface area (Å²) in [6.45, 7) is 8.91. The van der Waals surface area contributed by atoms with E-state index < -0.39 is 0 Å². The lowest BCUT2D eigenvalue weighted by Gasteiger charge is -2.22. The minimum atomic E-state index is 0.0765. The van der Waals surface area contributed by atoms with Crippen molar-refractivity contribution in [2.75, 3.05) is 0 Å². The van der Waals surface area contributed by atoms with Crippen molar-refractivity contribution in [3.8, 4) is 11.3 Å². The normalized spacial score (nSPS) is 12.2. The molecule has 0 spiro atoms. The standard InChI is InChI=1S/C21H20N2S/c1-13-11-24-20-18(13)22-12-23-19(20)15-9-14-7-5-6-8-16(14)17(10-15)21(2,3)4/h5-12H,1-4H3. The molecule has 0 aliphatic heterocycles. The van der Waals surface area contributed by atoms with Crippen molar-refractivity contribution in [3.05, 3.63) is 59.2 Å². The number of hydrogen-bond acceptors (Lipinski definition) is 3. The molecule has 0 bridgehead atoms. The van der Waals surface area contributed by atoms with Gasteiger partial charge in [-0.15, -0.1) is 11.3 Å². The van der Waals surface area contributed by atoms with Gasteiger partial charge in [-0.1, -0.05) is 45.0 Å². The van der Waals surface area contributed by atoms with E-state index in [1.54, 1.807) is 17.7 Å². The Balaban J connectivity index is 2.07. The monoisotopic (exact) mass is 332 g/mol. The number of thiophene rings is 1. The third-order valence-corrected chi connectivity index (χ3v) is 5.57. The maximum Gasteiger partial charge on any atom is 0.116 e. The number of aromatic nitrogens is 2. The highest BCUT2D eigenvalue weighted by Crippen LogP contribution is 2.37. The summed E-state index contributed by atoms with van der Waals surface area (Å²) in [4.78, 5) is 9.08. The van der Waals surface area contributed by atoms with Crippen LogP contribution in [0.4, 0.5) is 0 Å². The number of hydrogen-bond donors (Lipinski definition) is 0. The minimum absolute atomic E-state index is 0.0765. The summed E-state index contributed by atoms with van der Waals surface area (Å²) in [7, 11) is 0. The third-order valence-electron chi connectivity index (χ3n) is 4.47. The second-order valence-corrected chi connectivity index (χ2v) is 8.19. The van der Waals surface area contributed by atoms with Gasteiger partial charge >= 0.3 is 0 Å². The number of benzene rings is 2. The number of rotatable bonds is 1. The highest BCUT2D eigenvalue weighted by Gasteiger charge is 2.19. The Morgan fingerprint density at radius 3 is 2.58 bits per heavy atom. The molecule has 0 fully saturated rings. The van der Waals surface area contributed by atoms with Crippen LogP contribution >= 0.6 is 11.3 Å². The van der Waals surface area contributed by atoms with Crippen molar-refractivity contribution >= 4 is 32.3 Å². The Morgan fingerprint density at radius 2 is 1.79 bits per heavy atom. The average Bonchev–Trinajstić information content (AvgIpc) is 2.94. The van der Waals surface area contributed by atoms with E-state index in [1.807, 2.05) is 0 Å². The number of nitrogens with zero attached hydrogens (tertiary/aromatic N) is 2. The second kappa shape index (κ2) is 5.38. The van der Waals surface area contributed by atoms with Gasteiger partial charge in [-0.05, 0) is 51.8 Å². The average molecular weight is 332 g/mol. The minimum Gasteiger partial charge on any atom is -0.235 e. The van der Waals surface area contributed by atoms with Crippen LogP contribution in [0.1, 0.15) is 31.9 Å². The van der Waals surface area contributed by atoms with Gasteiger partial charge in [-0.3, -0.25) is 0 Å². The lowest BCUT2D eigenvalue weighted by Crippen LogP contribution is -2.12. The Labute approximate surface area is 146 Å². The fourth-order valence-electron chi connectivity index (χ4n) is 3.24. The molecule has 2 aromatic carbocycles. The highest BCUT2D eigenvalue weighted by molar-refractivity contribution is 7.17. The van der Waals surface area contributed by atoms with Crippen molar-refractivity contribution in [1.82, 2.24) is 9.97 Å². The van der Waals surface area contributed by atoms with Crippen LogP contribution < -0.4 is 0 Å². The molecule has 2 nitrogen and oxygen atoms in total. The van der Waals surface area contributed by atoms with E-state index in [0.717, 1.165) is 11.2 Å². The van der Waals surface area contributed by atoms with Crippen LogP contribution in [0.25, 0.3) is 32.2 Å². The molecule has 0 radical (unpaired) electrons. The van der Waals surface area contributed by atoms with Gasteiger partial charge in [0.15, 0.2) is 0 Å². The zero-order valence-electron chi connectivity index (χ0n) is 14.4. The fraction of sp³-hybridized carbons (Fsp3) is 0.238. The summed E-state index contributed by atoms with van der Waals surface area (Å²) in [5.74, 6) is 0. The molecular weight excluding hydrogens is 312 g/mol. The molecule has 2 heterocycles. The van der Waals surface area contributed by atoms with Crippen molar-refractivity contribution in [2.24, 2.45) is 0 Å². The van der Waals surface area contributed by atoms with Gasteiger partial charge in [0.05, 0.1) is 15.9 Å². The maximum atomic E-state index is 4.62. The van der Waals surface area contributed by atoms with Crippen molar-refractivity contribution in [2.45, 2.75) is 33.1 Å². The van der Waals surface area contributed by atoms with Crippen molar-refractivity contribution in [3.63, 3.8) is 0 Å². The van der Waals surface area contributed by atoms with Gasteiger partial charge in [-0.2, -0.15) is 0 Å². The molecular formula is C21H20N2S. The predicted octanol–water partition coefficient (Wildman–Crippen LogP) is 6.12. The van der Waals surface area contributed by atoms with E-state index in [1.165, 1.54) is 32.2 Å². The number of aryl methyl sites for hydroxylation is 1. The van der Waals surface area contributed by atoms with Gasteiger partial charge in [0.25, 0.3) is 0 Å². The molecule has 0 aliphatic carbocycles. The summed E-state index contributed by atoms with van der Waals surface area (Å²) >= 11 is 1.73. The summed E-state index contributed by atoms with van der Waals surface area (Å²) < 4.78 is 1.17. The molecule has 0 saturated carbocycles. The van der Waals surface area contributed by atoms with Gasteiger partial charge in [0.2, 0.25) is 0 Å². The first-order valence-electron chi connectivity index (χ1n) is 8.17. The van der Waals surface area contributed by atoms with Crippen LogP contribution in [0.2, 0.25) is 0 Å². The lowest BCUT2D eigenvalue weighted by atomic mass is 9.82.